The molecule has 4 rings (SSSR count). The fourth-order valence-corrected chi connectivity index (χ4v) is 4.61. The maximum absolute atomic E-state index is 12.7. The second-order valence-electron chi connectivity index (χ2n) is 6.11. The summed E-state index contributed by atoms with van der Waals surface area (Å²) in [7, 11) is 0. The third-order valence-corrected chi connectivity index (χ3v) is 6.10. The van der Waals surface area contributed by atoms with Crippen LogP contribution in [0.15, 0.2) is 59.6 Å². The second kappa shape index (κ2) is 7.52. The minimum Gasteiger partial charge on any atom is -0.238 e. The lowest BCUT2D eigenvalue weighted by Crippen LogP contribution is -2.04. The molecule has 2 heterocycles. The molecule has 0 atom stereocenters. The minimum absolute atomic E-state index is 0.489. The van der Waals surface area contributed by atoms with Crippen LogP contribution in [0.2, 0.25) is 0 Å². The number of rotatable bonds is 4. The zero-order valence-electron chi connectivity index (χ0n) is 14.7. The average molecular weight is 417 g/mol. The van der Waals surface area contributed by atoms with Crippen molar-refractivity contribution in [1.29, 1.82) is 0 Å². The standard InChI is InChI=1S/C20H14F3N3S2/c1-12-24-17-18(28-12)16(14-5-3-2-4-6-14)25-26-19(17)27-11-13-7-9-15(10-8-13)20(21,22)23/h2-10H,11H2,1H3. The molecule has 0 amide bonds. The number of aromatic nitrogens is 3. The molecule has 0 fully saturated rings. The van der Waals surface area contributed by atoms with Crippen molar-refractivity contribution >= 4 is 33.3 Å². The number of benzene rings is 2. The Labute approximate surface area is 167 Å². The Hall–Kier alpha value is -2.45. The van der Waals surface area contributed by atoms with E-state index in [4.69, 9.17) is 0 Å². The Balaban J connectivity index is 1.61. The number of hydrogen-bond acceptors (Lipinski definition) is 5. The van der Waals surface area contributed by atoms with Crippen molar-refractivity contribution in [2.24, 2.45) is 0 Å². The fourth-order valence-electron chi connectivity index (χ4n) is 2.74. The summed E-state index contributed by atoms with van der Waals surface area (Å²) < 4.78 is 39.0. The predicted molar refractivity (Wildman–Crippen MR) is 106 cm³/mol. The van der Waals surface area contributed by atoms with Crippen molar-refractivity contribution in [2.75, 3.05) is 0 Å². The molecule has 0 aliphatic rings. The molecular formula is C20H14F3N3S2. The Morgan fingerprint density at radius 1 is 0.964 bits per heavy atom. The van der Waals surface area contributed by atoms with Gasteiger partial charge in [-0.25, -0.2) is 4.98 Å². The van der Waals surface area contributed by atoms with Gasteiger partial charge in [-0.1, -0.05) is 54.2 Å². The first-order valence-electron chi connectivity index (χ1n) is 8.40. The van der Waals surface area contributed by atoms with Crippen molar-refractivity contribution in [2.45, 2.75) is 23.9 Å². The third-order valence-electron chi connectivity index (χ3n) is 4.10. The van der Waals surface area contributed by atoms with Crippen molar-refractivity contribution in [3.63, 3.8) is 0 Å². The predicted octanol–water partition coefficient (Wildman–Crippen LogP) is 6.37. The van der Waals surface area contributed by atoms with Crippen LogP contribution >= 0.6 is 23.1 Å². The van der Waals surface area contributed by atoms with E-state index in [2.05, 4.69) is 15.2 Å². The van der Waals surface area contributed by atoms with Gasteiger partial charge in [-0.3, -0.25) is 0 Å². The summed E-state index contributed by atoms with van der Waals surface area (Å²) in [5.41, 5.74) is 2.69. The lowest BCUT2D eigenvalue weighted by atomic mass is 10.1. The number of alkyl halides is 3. The van der Waals surface area contributed by atoms with Gasteiger partial charge < -0.3 is 0 Å². The van der Waals surface area contributed by atoms with Gasteiger partial charge in [-0.05, 0) is 24.6 Å². The van der Waals surface area contributed by atoms with Crippen LogP contribution in [0.5, 0.6) is 0 Å². The molecule has 0 spiro atoms. The Morgan fingerprint density at radius 2 is 1.68 bits per heavy atom. The monoisotopic (exact) mass is 417 g/mol. The molecular weight excluding hydrogens is 403 g/mol. The first-order chi connectivity index (χ1) is 13.4. The Morgan fingerprint density at radius 3 is 2.36 bits per heavy atom. The molecule has 8 heteroatoms. The maximum atomic E-state index is 12.7. The van der Waals surface area contributed by atoms with Crippen LogP contribution < -0.4 is 0 Å². The van der Waals surface area contributed by atoms with Crippen molar-refractivity contribution in [3.05, 3.63) is 70.7 Å². The molecule has 0 saturated heterocycles. The first kappa shape index (κ1) is 18.9. The van der Waals surface area contributed by atoms with Gasteiger partial charge in [0.15, 0.2) is 0 Å². The van der Waals surface area contributed by atoms with Gasteiger partial charge in [0.25, 0.3) is 0 Å². The van der Waals surface area contributed by atoms with E-state index < -0.39 is 11.7 Å². The van der Waals surface area contributed by atoms with Crippen LogP contribution in [0.25, 0.3) is 21.5 Å². The fraction of sp³-hybridized carbons (Fsp3) is 0.150. The normalized spacial score (nSPS) is 11.9. The summed E-state index contributed by atoms with van der Waals surface area (Å²) in [6.07, 6.45) is -4.32. The Kier molecular flexibility index (Phi) is 5.07. The number of thioether (sulfide) groups is 1. The van der Waals surface area contributed by atoms with E-state index in [-0.39, 0.29) is 0 Å². The van der Waals surface area contributed by atoms with Gasteiger partial charge in [0.05, 0.1) is 15.3 Å². The van der Waals surface area contributed by atoms with Crippen LogP contribution in [0.4, 0.5) is 13.2 Å². The first-order valence-corrected chi connectivity index (χ1v) is 10.2. The highest BCUT2D eigenvalue weighted by Gasteiger charge is 2.29. The van der Waals surface area contributed by atoms with Gasteiger partial charge >= 0.3 is 6.18 Å². The van der Waals surface area contributed by atoms with E-state index in [1.54, 1.807) is 11.3 Å². The zero-order valence-corrected chi connectivity index (χ0v) is 16.3. The highest BCUT2D eigenvalue weighted by atomic mass is 32.2. The number of nitrogens with zero attached hydrogens (tertiary/aromatic N) is 3. The molecule has 142 valence electrons. The molecule has 3 nitrogen and oxygen atoms in total. The van der Waals surface area contributed by atoms with Gasteiger partial charge in [0.2, 0.25) is 0 Å². The molecule has 0 N–H and O–H groups in total. The smallest absolute Gasteiger partial charge is 0.238 e. The van der Waals surface area contributed by atoms with E-state index in [0.717, 1.165) is 44.2 Å². The number of halogens is 3. The number of thiazole rings is 1. The van der Waals surface area contributed by atoms with Crippen LogP contribution in [-0.2, 0) is 11.9 Å². The third kappa shape index (κ3) is 3.88. The average Bonchev–Trinajstić information content (AvgIpc) is 3.08. The van der Waals surface area contributed by atoms with Crippen molar-refractivity contribution < 1.29 is 13.2 Å². The molecule has 4 aromatic rings. The number of fused-ring (bicyclic) bond motifs is 1. The molecule has 0 aliphatic heterocycles. The van der Waals surface area contributed by atoms with Crippen molar-refractivity contribution in [1.82, 2.24) is 15.2 Å². The molecule has 0 radical (unpaired) electrons. The summed E-state index contributed by atoms with van der Waals surface area (Å²) >= 11 is 2.99. The summed E-state index contributed by atoms with van der Waals surface area (Å²) in [5.74, 6) is 0.489. The van der Waals surface area contributed by atoms with Crippen LogP contribution in [0.3, 0.4) is 0 Å². The molecule has 0 bridgehead atoms. The molecule has 2 aromatic heterocycles. The van der Waals surface area contributed by atoms with Gasteiger partial charge in [0, 0.05) is 11.3 Å². The van der Waals surface area contributed by atoms with E-state index in [9.17, 15) is 13.2 Å². The molecule has 28 heavy (non-hydrogen) atoms. The SMILES string of the molecule is Cc1nc2c(SCc3ccc(C(F)(F)F)cc3)nnc(-c3ccccc3)c2s1. The largest absolute Gasteiger partial charge is 0.416 e. The second-order valence-corrected chi connectivity index (χ2v) is 8.28. The van der Waals surface area contributed by atoms with Crippen LogP contribution in [0, 0.1) is 6.92 Å². The quantitative estimate of drug-likeness (QED) is 0.362. The molecule has 2 aromatic carbocycles. The highest BCUT2D eigenvalue weighted by molar-refractivity contribution is 7.98. The van der Waals surface area contributed by atoms with Gasteiger partial charge in [-0.15, -0.1) is 21.5 Å². The molecule has 0 saturated carbocycles. The summed E-state index contributed by atoms with van der Waals surface area (Å²) in [6, 6.07) is 15.0. The molecule has 0 unspecified atom stereocenters. The van der Waals surface area contributed by atoms with E-state index >= 15 is 0 Å². The summed E-state index contributed by atoms with van der Waals surface area (Å²) in [6.45, 7) is 1.93. The highest BCUT2D eigenvalue weighted by Crippen LogP contribution is 2.36. The topological polar surface area (TPSA) is 38.7 Å². The summed E-state index contributed by atoms with van der Waals surface area (Å²) in [4.78, 5) is 4.60. The van der Waals surface area contributed by atoms with E-state index in [0.29, 0.717) is 10.8 Å². The maximum Gasteiger partial charge on any atom is 0.416 e. The minimum atomic E-state index is -4.32. The van der Waals surface area contributed by atoms with Gasteiger partial charge in [-0.2, -0.15) is 13.2 Å². The zero-order chi connectivity index (χ0) is 19.7. The summed E-state index contributed by atoms with van der Waals surface area (Å²) in [5, 5.41) is 10.3. The number of hydrogen-bond donors (Lipinski definition) is 0. The van der Waals surface area contributed by atoms with E-state index in [1.165, 1.54) is 23.9 Å². The lowest BCUT2D eigenvalue weighted by Gasteiger charge is -2.08. The Bertz CT molecular complexity index is 1110. The number of aryl methyl sites for hydroxylation is 1. The van der Waals surface area contributed by atoms with Crippen molar-refractivity contribution in [3.8, 4) is 11.3 Å². The van der Waals surface area contributed by atoms with Gasteiger partial charge in [0.1, 0.15) is 16.2 Å². The lowest BCUT2D eigenvalue weighted by molar-refractivity contribution is -0.137. The van der Waals surface area contributed by atoms with Crippen LogP contribution in [0.1, 0.15) is 16.1 Å². The van der Waals surface area contributed by atoms with E-state index in [1.807, 2.05) is 37.3 Å². The molecule has 0 aliphatic carbocycles. The van der Waals surface area contributed by atoms with Crippen LogP contribution in [-0.4, -0.2) is 15.2 Å².